The van der Waals surface area contributed by atoms with Crippen LogP contribution in [-0.4, -0.2) is 72.9 Å². The number of carbonyl (C=O) groups excluding carboxylic acids is 4. The van der Waals surface area contributed by atoms with Crippen LogP contribution in [0.5, 0.6) is 0 Å². The molecule has 0 atom stereocenters. The first-order valence-electron chi connectivity index (χ1n) is 13.7. The monoisotopic (exact) mass is 852 g/mol. The quantitative estimate of drug-likeness (QED) is 0.150. The van der Waals surface area contributed by atoms with E-state index in [0.29, 0.717) is 34.4 Å². The minimum absolute atomic E-state index is 0. The van der Waals surface area contributed by atoms with Crippen LogP contribution in [0.25, 0.3) is 22.3 Å². The maximum absolute atomic E-state index is 8.89. The van der Waals surface area contributed by atoms with E-state index in [4.69, 9.17) is 62.8 Å². The molecule has 0 saturated carbocycles. The molecule has 0 spiro atoms. The number of hydrogen-bond donors (Lipinski definition) is 0. The average Bonchev–Trinajstić information content (AvgIpc) is 3.63. The minimum atomic E-state index is -1.08. The van der Waals surface area contributed by atoms with Gasteiger partial charge in [-0.15, -0.1) is 0 Å². The number of nitrogens with zero attached hydrogens (tertiary/aromatic N) is 10. The Balaban J connectivity index is 0. The Morgan fingerprint density at radius 1 is 0.538 bits per heavy atom. The first-order valence-corrected chi connectivity index (χ1v) is 14.5. The van der Waals surface area contributed by atoms with Crippen molar-refractivity contribution in [3.63, 3.8) is 0 Å². The Bertz CT molecular complexity index is 1790. The van der Waals surface area contributed by atoms with E-state index in [2.05, 4.69) is 39.9 Å². The molecule has 0 bridgehead atoms. The van der Waals surface area contributed by atoms with Gasteiger partial charge in [-0.25, -0.2) is 29.9 Å². The summed E-state index contributed by atoms with van der Waals surface area (Å²) in [5, 5.41) is 36.3. The summed E-state index contributed by atoms with van der Waals surface area (Å²) in [5.41, 5.74) is 4.56. The van der Waals surface area contributed by atoms with Gasteiger partial charge >= 0.3 is 34.1 Å². The van der Waals surface area contributed by atoms with Gasteiger partial charge in [-0.05, 0) is 52.0 Å². The number of carboxylic acid groups (broad SMARTS) is 4. The van der Waals surface area contributed by atoms with Gasteiger partial charge in [0.25, 0.3) is 0 Å². The summed E-state index contributed by atoms with van der Waals surface area (Å²) in [6.07, 6.45) is 9.77. The predicted octanol–water partition coefficient (Wildman–Crippen LogP) is -1.13. The van der Waals surface area contributed by atoms with Crippen LogP contribution >= 0.6 is 23.2 Å². The van der Waals surface area contributed by atoms with Crippen LogP contribution in [0.15, 0.2) is 74.1 Å². The van der Waals surface area contributed by atoms with Crippen molar-refractivity contribution in [2.75, 3.05) is 0 Å². The second-order valence-corrected chi connectivity index (χ2v) is 9.74. The Morgan fingerprint density at radius 3 is 1.12 bits per heavy atom. The standard InChI is InChI=1S/2C11H8ClN5.4C2H4O2.2Cu/c2*12-10-9-11(15-6-14-10)17(7-16-9)5-8-3-1-2-4-13-8;4*1-2(3)4;;/h2*1-4,6-7H,5H2;4*1H3,(H,3,4);;/q;;;;;;2*+2/p-4. The molecule has 0 aliphatic rings. The second kappa shape index (κ2) is 26.7. The van der Waals surface area contributed by atoms with E-state index in [0.717, 1.165) is 50.4 Å². The van der Waals surface area contributed by atoms with Crippen LogP contribution in [0, 0.1) is 0 Å². The molecule has 0 aromatic carbocycles. The van der Waals surface area contributed by atoms with Crippen molar-refractivity contribution in [3.05, 3.63) is 95.8 Å². The second-order valence-electron chi connectivity index (χ2n) is 9.03. The third-order valence-electron chi connectivity index (χ3n) is 4.83. The molecule has 0 aliphatic heterocycles. The minimum Gasteiger partial charge on any atom is -0.550 e. The van der Waals surface area contributed by atoms with Crippen molar-refractivity contribution in [1.82, 2.24) is 49.0 Å². The first-order chi connectivity index (χ1) is 23.6. The average molecular weight is 855 g/mol. The van der Waals surface area contributed by atoms with Crippen molar-refractivity contribution in [2.45, 2.75) is 40.8 Å². The maximum Gasteiger partial charge on any atom is 2.00 e. The van der Waals surface area contributed by atoms with Crippen LogP contribution in [-0.2, 0) is 66.4 Å². The summed E-state index contributed by atoms with van der Waals surface area (Å²) < 4.78 is 3.79. The van der Waals surface area contributed by atoms with E-state index in [1.165, 1.54) is 12.7 Å². The molecule has 2 radical (unpaired) electrons. The molecule has 0 N–H and O–H groups in total. The zero-order valence-electron chi connectivity index (χ0n) is 27.4. The van der Waals surface area contributed by atoms with Gasteiger partial charge in [0.1, 0.15) is 23.7 Å². The summed E-state index contributed by atoms with van der Waals surface area (Å²) in [4.78, 5) is 68.6. The molecule has 6 aromatic rings. The molecule has 0 unspecified atom stereocenters. The number of carboxylic acids is 4. The van der Waals surface area contributed by atoms with Crippen LogP contribution in [0.4, 0.5) is 0 Å². The number of rotatable bonds is 4. The van der Waals surface area contributed by atoms with Gasteiger partial charge in [-0.3, -0.25) is 9.97 Å². The fraction of sp³-hybridized carbons (Fsp3) is 0.200. The van der Waals surface area contributed by atoms with E-state index >= 15 is 0 Å². The fourth-order valence-corrected chi connectivity index (χ4v) is 3.62. The van der Waals surface area contributed by atoms with E-state index < -0.39 is 23.9 Å². The molecule has 0 saturated heterocycles. The van der Waals surface area contributed by atoms with Crippen LogP contribution in [0.2, 0.25) is 10.3 Å². The molecule has 0 aliphatic carbocycles. The van der Waals surface area contributed by atoms with Crippen LogP contribution in [0.1, 0.15) is 39.1 Å². The normalized spacial score (nSPS) is 9.04. The van der Waals surface area contributed by atoms with Crippen LogP contribution in [0.3, 0.4) is 0 Å². The number of aliphatic carboxylic acids is 4. The molecule has 22 heteroatoms. The van der Waals surface area contributed by atoms with E-state index in [9.17, 15) is 0 Å². The number of carbonyl (C=O) groups is 4. The molecule has 6 heterocycles. The number of halogens is 2. The molecule has 6 rings (SSSR count). The van der Waals surface area contributed by atoms with E-state index in [-0.39, 0.29) is 34.1 Å². The zero-order valence-corrected chi connectivity index (χ0v) is 30.8. The van der Waals surface area contributed by atoms with Crippen molar-refractivity contribution in [3.8, 4) is 0 Å². The predicted molar refractivity (Wildman–Crippen MR) is 170 cm³/mol. The fourth-order valence-electron chi connectivity index (χ4n) is 3.27. The molecule has 282 valence electrons. The SMILES string of the molecule is CC(=O)[O-].CC(=O)[O-].CC(=O)[O-].CC(=O)[O-].Clc1ncnc2c1ncn2Cc1ccccn1.Clc1ncnc2c1ncn2Cc1ccccn1.[Cu+2].[Cu+2]. The van der Waals surface area contributed by atoms with Crippen LogP contribution < -0.4 is 20.4 Å². The zero-order chi connectivity index (χ0) is 37.6. The van der Waals surface area contributed by atoms with Gasteiger partial charge in [-0.1, -0.05) is 35.3 Å². The van der Waals surface area contributed by atoms with Gasteiger partial charge in [0.2, 0.25) is 0 Å². The Kier molecular flexibility index (Phi) is 25.1. The van der Waals surface area contributed by atoms with Gasteiger partial charge in [0.05, 0.1) is 37.1 Å². The third kappa shape index (κ3) is 20.5. The molecule has 18 nitrogen and oxygen atoms in total. The number of aromatic nitrogens is 10. The molecule has 0 fully saturated rings. The molecular weight excluding hydrogens is 826 g/mol. The summed E-state index contributed by atoms with van der Waals surface area (Å²) in [7, 11) is 0. The molecule has 52 heavy (non-hydrogen) atoms. The van der Waals surface area contributed by atoms with Crippen molar-refractivity contribution < 1.29 is 73.7 Å². The largest absolute Gasteiger partial charge is 2.00 e. The van der Waals surface area contributed by atoms with Crippen molar-refractivity contribution in [2.24, 2.45) is 0 Å². The number of imidazole rings is 2. The van der Waals surface area contributed by atoms with Gasteiger partial charge in [-0.2, -0.15) is 0 Å². The topological polar surface area (TPSA) is 273 Å². The Labute approximate surface area is 327 Å². The third-order valence-corrected chi connectivity index (χ3v) is 5.38. The smallest absolute Gasteiger partial charge is 0.550 e. The molecular formula is C30H28Cl2Cu2N10O8. The van der Waals surface area contributed by atoms with E-state index in [1.54, 1.807) is 25.0 Å². The molecule has 0 amide bonds. The Morgan fingerprint density at radius 2 is 0.846 bits per heavy atom. The maximum atomic E-state index is 8.89. The van der Waals surface area contributed by atoms with Gasteiger partial charge in [0, 0.05) is 36.3 Å². The summed E-state index contributed by atoms with van der Waals surface area (Å²) in [5.74, 6) is -4.33. The van der Waals surface area contributed by atoms with Gasteiger partial charge in [0.15, 0.2) is 21.6 Å². The summed E-state index contributed by atoms with van der Waals surface area (Å²) in [6, 6.07) is 11.6. The number of fused-ring (bicyclic) bond motifs is 2. The van der Waals surface area contributed by atoms with Crippen molar-refractivity contribution in [1.29, 1.82) is 0 Å². The summed E-state index contributed by atoms with van der Waals surface area (Å²) >= 11 is 11.9. The molecule has 6 aromatic heterocycles. The number of hydrogen-bond acceptors (Lipinski definition) is 16. The van der Waals surface area contributed by atoms with Gasteiger partial charge < -0.3 is 48.7 Å². The number of pyridine rings is 2. The van der Waals surface area contributed by atoms with E-state index in [1.807, 2.05) is 45.5 Å². The van der Waals surface area contributed by atoms with Crippen molar-refractivity contribution >= 4 is 69.4 Å². The summed E-state index contributed by atoms with van der Waals surface area (Å²) in [6.45, 7) is 5.12. The first kappa shape index (κ1) is 49.0. The Hall–Kier alpha value is -5.10.